The molecule has 0 aliphatic rings. The summed E-state index contributed by atoms with van der Waals surface area (Å²) in [6.45, 7) is 0. The van der Waals surface area contributed by atoms with Crippen LogP contribution >= 0.6 is 0 Å². The molecule has 7 heteroatoms. The number of hydrogen-bond donors (Lipinski definition) is 2. The molecule has 0 aliphatic carbocycles. The number of rotatable bonds is 5. The van der Waals surface area contributed by atoms with E-state index in [1.807, 2.05) is 6.07 Å². The number of halogens is 1. The van der Waals surface area contributed by atoms with Gasteiger partial charge in [-0.2, -0.15) is 5.10 Å². The Labute approximate surface area is 142 Å². The molecule has 0 spiro atoms. The molecule has 6 nitrogen and oxygen atoms in total. The van der Waals surface area contributed by atoms with E-state index in [4.69, 9.17) is 0 Å². The molecule has 0 saturated carbocycles. The lowest BCUT2D eigenvalue weighted by atomic mass is 10.2. The van der Waals surface area contributed by atoms with Gasteiger partial charge in [0.15, 0.2) is 0 Å². The highest BCUT2D eigenvalue weighted by Gasteiger charge is 2.07. The number of amides is 1. The second-order valence-corrected chi connectivity index (χ2v) is 5.34. The van der Waals surface area contributed by atoms with Crippen LogP contribution in [0, 0.1) is 5.82 Å². The summed E-state index contributed by atoms with van der Waals surface area (Å²) in [6.07, 6.45) is 1.46. The lowest BCUT2D eigenvalue weighted by Gasteiger charge is -2.02. The second kappa shape index (κ2) is 7.48. The Bertz CT molecular complexity index is 998. The Balaban J connectivity index is 1.60. The van der Waals surface area contributed by atoms with E-state index in [0.29, 0.717) is 11.0 Å². The number of aromatic nitrogens is 2. The van der Waals surface area contributed by atoms with E-state index in [1.165, 1.54) is 12.3 Å². The Morgan fingerprint density at radius 2 is 1.96 bits per heavy atom. The van der Waals surface area contributed by atoms with Crippen LogP contribution in [0.4, 0.5) is 4.39 Å². The van der Waals surface area contributed by atoms with Crippen molar-refractivity contribution < 1.29 is 9.18 Å². The van der Waals surface area contributed by atoms with Crippen LogP contribution in [0.1, 0.15) is 17.7 Å². The zero-order valence-electron chi connectivity index (χ0n) is 13.2. The van der Waals surface area contributed by atoms with Crippen molar-refractivity contribution in [3.63, 3.8) is 0 Å². The first-order valence-corrected chi connectivity index (χ1v) is 7.68. The molecule has 2 N–H and O–H groups in total. The molecule has 3 aromatic rings. The van der Waals surface area contributed by atoms with Crippen molar-refractivity contribution in [1.82, 2.24) is 15.4 Å². The van der Waals surface area contributed by atoms with Gasteiger partial charge in [-0.1, -0.05) is 30.3 Å². The van der Waals surface area contributed by atoms with E-state index in [9.17, 15) is 14.0 Å². The largest absolute Gasteiger partial charge is 0.319 e. The summed E-state index contributed by atoms with van der Waals surface area (Å²) < 4.78 is 13.4. The maximum Gasteiger partial charge on any atom is 0.270 e. The normalized spacial score (nSPS) is 11.1. The Morgan fingerprint density at radius 1 is 1.20 bits per heavy atom. The van der Waals surface area contributed by atoms with Crippen LogP contribution in [0.3, 0.4) is 0 Å². The summed E-state index contributed by atoms with van der Waals surface area (Å²) in [5, 5.41) is 3.72. The number of H-pyrrole nitrogens is 1. The summed E-state index contributed by atoms with van der Waals surface area (Å²) in [6, 6.07) is 13.3. The maximum absolute atomic E-state index is 13.4. The van der Waals surface area contributed by atoms with Gasteiger partial charge in [0.25, 0.3) is 5.56 Å². The first-order valence-electron chi connectivity index (χ1n) is 7.68. The summed E-state index contributed by atoms with van der Waals surface area (Å²) in [4.78, 5) is 30.8. The third-order valence-electron chi connectivity index (χ3n) is 3.56. The molecule has 0 bridgehead atoms. The Hall–Kier alpha value is -3.35. The van der Waals surface area contributed by atoms with Crippen molar-refractivity contribution in [2.75, 3.05) is 0 Å². The molecular formula is C18H15FN4O2. The SMILES string of the molecule is O=C(CCc1nc2ccccc2[nH]c1=O)N/N=C\c1ccccc1F. The van der Waals surface area contributed by atoms with E-state index in [-0.39, 0.29) is 35.6 Å². The minimum absolute atomic E-state index is 0.0447. The van der Waals surface area contributed by atoms with E-state index < -0.39 is 5.82 Å². The minimum Gasteiger partial charge on any atom is -0.319 e. The van der Waals surface area contributed by atoms with Gasteiger partial charge in [-0.25, -0.2) is 14.8 Å². The van der Waals surface area contributed by atoms with E-state index in [1.54, 1.807) is 36.4 Å². The van der Waals surface area contributed by atoms with Crippen LogP contribution in [0.2, 0.25) is 0 Å². The van der Waals surface area contributed by atoms with Crippen LogP contribution in [0.15, 0.2) is 58.4 Å². The number of benzene rings is 2. The predicted molar refractivity (Wildman–Crippen MR) is 92.8 cm³/mol. The van der Waals surface area contributed by atoms with Gasteiger partial charge in [0.1, 0.15) is 11.5 Å². The lowest BCUT2D eigenvalue weighted by molar-refractivity contribution is -0.121. The van der Waals surface area contributed by atoms with Gasteiger partial charge in [-0.05, 0) is 18.2 Å². The lowest BCUT2D eigenvalue weighted by Crippen LogP contribution is -2.21. The fourth-order valence-electron chi connectivity index (χ4n) is 2.28. The average Bonchev–Trinajstić information content (AvgIpc) is 2.61. The summed E-state index contributed by atoms with van der Waals surface area (Å²) >= 11 is 0. The highest BCUT2D eigenvalue weighted by atomic mass is 19.1. The van der Waals surface area contributed by atoms with Gasteiger partial charge in [-0.3, -0.25) is 9.59 Å². The second-order valence-electron chi connectivity index (χ2n) is 5.34. The van der Waals surface area contributed by atoms with Gasteiger partial charge < -0.3 is 4.98 Å². The summed E-state index contributed by atoms with van der Waals surface area (Å²) in [5.74, 6) is -0.811. The molecule has 0 unspecified atom stereocenters. The highest BCUT2D eigenvalue weighted by molar-refractivity contribution is 5.82. The fourth-order valence-corrected chi connectivity index (χ4v) is 2.28. The number of nitrogens with one attached hydrogen (secondary N) is 2. The number of hydrazone groups is 1. The van der Waals surface area contributed by atoms with Gasteiger partial charge in [0.05, 0.1) is 17.2 Å². The molecule has 126 valence electrons. The summed E-state index contributed by atoms with van der Waals surface area (Å²) in [7, 11) is 0. The molecule has 0 saturated heterocycles. The van der Waals surface area contributed by atoms with E-state index in [2.05, 4.69) is 20.5 Å². The molecule has 1 heterocycles. The number of aromatic amines is 1. The number of aryl methyl sites for hydroxylation is 1. The smallest absolute Gasteiger partial charge is 0.270 e. The molecule has 1 amide bonds. The first-order chi connectivity index (χ1) is 12.1. The Morgan fingerprint density at radius 3 is 2.80 bits per heavy atom. The van der Waals surface area contributed by atoms with Crippen molar-refractivity contribution in [2.45, 2.75) is 12.8 Å². The number of carbonyl (C=O) groups excluding carboxylic acids is 1. The van der Waals surface area contributed by atoms with Gasteiger partial charge in [-0.15, -0.1) is 0 Å². The number of carbonyl (C=O) groups is 1. The van der Waals surface area contributed by atoms with Crippen LogP contribution in [-0.4, -0.2) is 22.1 Å². The number of nitrogens with zero attached hydrogens (tertiary/aromatic N) is 2. The van der Waals surface area contributed by atoms with Crippen LogP contribution < -0.4 is 11.0 Å². The molecular weight excluding hydrogens is 323 g/mol. The van der Waals surface area contributed by atoms with E-state index >= 15 is 0 Å². The van der Waals surface area contributed by atoms with Crippen molar-refractivity contribution in [3.05, 3.63) is 76.0 Å². The summed E-state index contributed by atoms with van der Waals surface area (Å²) in [5.41, 5.74) is 3.86. The van der Waals surface area contributed by atoms with Crippen LogP contribution in [0.25, 0.3) is 11.0 Å². The average molecular weight is 338 g/mol. The van der Waals surface area contributed by atoms with Crippen molar-refractivity contribution in [1.29, 1.82) is 0 Å². The quantitative estimate of drug-likeness (QED) is 0.552. The van der Waals surface area contributed by atoms with Gasteiger partial charge in [0, 0.05) is 18.4 Å². The zero-order chi connectivity index (χ0) is 17.6. The molecule has 0 atom stereocenters. The van der Waals surface area contributed by atoms with Crippen molar-refractivity contribution >= 4 is 23.2 Å². The standard InChI is InChI=1S/C18H15FN4O2/c19-13-6-2-1-5-12(13)11-20-23-17(24)10-9-16-18(25)22-15-8-4-3-7-14(15)21-16/h1-8,11H,9-10H2,(H,22,25)(H,23,24)/b20-11-. The number of fused-ring (bicyclic) bond motifs is 1. The number of para-hydroxylation sites is 2. The van der Waals surface area contributed by atoms with Crippen molar-refractivity contribution in [3.8, 4) is 0 Å². The Kier molecular flexibility index (Phi) is 4.94. The van der Waals surface area contributed by atoms with E-state index in [0.717, 1.165) is 0 Å². The first kappa shape index (κ1) is 16.5. The van der Waals surface area contributed by atoms with Gasteiger partial charge >= 0.3 is 0 Å². The van der Waals surface area contributed by atoms with Crippen LogP contribution in [-0.2, 0) is 11.2 Å². The van der Waals surface area contributed by atoms with Crippen molar-refractivity contribution in [2.24, 2.45) is 5.10 Å². The number of hydrogen-bond acceptors (Lipinski definition) is 4. The molecule has 25 heavy (non-hydrogen) atoms. The molecule has 3 rings (SSSR count). The third-order valence-corrected chi connectivity index (χ3v) is 3.56. The molecule has 2 aromatic carbocycles. The zero-order valence-corrected chi connectivity index (χ0v) is 13.2. The van der Waals surface area contributed by atoms with Gasteiger partial charge in [0.2, 0.25) is 5.91 Å². The highest BCUT2D eigenvalue weighted by Crippen LogP contribution is 2.07. The topological polar surface area (TPSA) is 87.2 Å². The predicted octanol–water partition coefficient (Wildman–Crippen LogP) is 2.15. The fraction of sp³-hybridized carbons (Fsp3) is 0.111. The third kappa shape index (κ3) is 4.14. The maximum atomic E-state index is 13.4. The van der Waals surface area contributed by atoms with Crippen LogP contribution in [0.5, 0.6) is 0 Å². The monoisotopic (exact) mass is 338 g/mol. The molecule has 1 aromatic heterocycles. The minimum atomic E-state index is -0.424. The molecule has 0 fully saturated rings. The molecule has 0 aliphatic heterocycles. The molecule has 0 radical (unpaired) electrons.